The molecule has 28 heavy (non-hydrogen) atoms. The molecule has 4 aromatic rings. The van der Waals surface area contributed by atoms with Crippen molar-refractivity contribution in [2.45, 2.75) is 46.8 Å². The predicted molar refractivity (Wildman–Crippen MR) is 114 cm³/mol. The van der Waals surface area contributed by atoms with Gasteiger partial charge in [0.15, 0.2) is 5.82 Å². The molecular weight excluding hydrogens is 370 g/mol. The molecule has 0 amide bonds. The summed E-state index contributed by atoms with van der Waals surface area (Å²) in [6, 6.07) is 10.7. The smallest absolute Gasteiger partial charge is 0.262 e. The Balaban J connectivity index is 1.82. The molecule has 3 aromatic heterocycles. The number of hydrogen-bond acceptors (Lipinski definition) is 5. The highest BCUT2D eigenvalue weighted by atomic mass is 32.1. The van der Waals surface area contributed by atoms with E-state index in [1.54, 1.807) is 11.6 Å². The summed E-state index contributed by atoms with van der Waals surface area (Å²) in [7, 11) is 1.76. The lowest BCUT2D eigenvalue weighted by molar-refractivity contribution is 0.200. The van der Waals surface area contributed by atoms with Crippen molar-refractivity contribution in [2.24, 2.45) is 7.05 Å². The lowest BCUT2D eigenvalue weighted by Crippen LogP contribution is -2.30. The minimum absolute atomic E-state index is 0.0417. The van der Waals surface area contributed by atoms with Gasteiger partial charge in [-0.3, -0.25) is 18.7 Å². The Hall–Kier alpha value is -2.51. The van der Waals surface area contributed by atoms with Crippen molar-refractivity contribution in [3.63, 3.8) is 0 Å². The van der Waals surface area contributed by atoms with Gasteiger partial charge in [0.1, 0.15) is 0 Å². The van der Waals surface area contributed by atoms with Gasteiger partial charge in [0.05, 0.1) is 17.4 Å². The molecule has 0 bridgehead atoms. The van der Waals surface area contributed by atoms with Crippen LogP contribution in [0, 0.1) is 13.8 Å². The molecule has 0 aliphatic rings. The zero-order chi connectivity index (χ0) is 20.0. The fourth-order valence-corrected chi connectivity index (χ4v) is 4.45. The third-order valence-corrected chi connectivity index (χ3v) is 6.16. The Kier molecular flexibility index (Phi) is 4.81. The van der Waals surface area contributed by atoms with E-state index >= 15 is 0 Å². The highest BCUT2D eigenvalue weighted by molar-refractivity contribution is 7.11. The fraction of sp³-hybridized carbons (Fsp3) is 0.381. The van der Waals surface area contributed by atoms with Gasteiger partial charge in [0.2, 0.25) is 5.78 Å². The quantitative estimate of drug-likeness (QED) is 0.517. The van der Waals surface area contributed by atoms with Crippen LogP contribution >= 0.6 is 11.3 Å². The lowest BCUT2D eigenvalue weighted by Gasteiger charge is -2.25. The first kappa shape index (κ1) is 18.8. The first-order valence-electron chi connectivity index (χ1n) is 9.48. The number of fused-ring (bicyclic) bond motifs is 3. The summed E-state index contributed by atoms with van der Waals surface area (Å²) in [5.74, 6) is 1.42. The second-order valence-electron chi connectivity index (χ2n) is 7.65. The normalized spacial score (nSPS) is 12.1. The van der Waals surface area contributed by atoms with Crippen LogP contribution in [-0.2, 0) is 20.1 Å². The standard InChI is InChI=1S/C21H25N5OS/c1-13(2)25(11-16-8-7-15(4)28-16)12-19-22-23-21-24(5)20(27)17-10-14(3)6-9-18(17)26(19)21/h6-10,13H,11-12H2,1-5H3. The zero-order valence-corrected chi connectivity index (χ0v) is 17.7. The Bertz CT molecular complexity index is 1220. The third-order valence-electron chi connectivity index (χ3n) is 5.17. The first-order chi connectivity index (χ1) is 13.3. The van der Waals surface area contributed by atoms with E-state index in [2.05, 4.69) is 48.0 Å². The van der Waals surface area contributed by atoms with E-state index in [0.29, 0.717) is 23.8 Å². The summed E-state index contributed by atoms with van der Waals surface area (Å²) < 4.78 is 3.60. The molecule has 0 atom stereocenters. The molecule has 0 N–H and O–H groups in total. The highest BCUT2D eigenvalue weighted by Crippen LogP contribution is 2.21. The minimum Gasteiger partial charge on any atom is -0.288 e. The average molecular weight is 396 g/mol. The van der Waals surface area contributed by atoms with Crippen molar-refractivity contribution in [2.75, 3.05) is 0 Å². The Morgan fingerprint density at radius 2 is 1.89 bits per heavy atom. The fourth-order valence-electron chi connectivity index (χ4n) is 3.53. The Morgan fingerprint density at radius 1 is 1.11 bits per heavy atom. The number of benzene rings is 1. The number of rotatable bonds is 5. The maximum absolute atomic E-state index is 12.8. The number of nitrogens with zero attached hydrogens (tertiary/aromatic N) is 5. The molecule has 1 aromatic carbocycles. The van der Waals surface area contributed by atoms with Crippen LogP contribution < -0.4 is 5.56 Å². The summed E-state index contributed by atoms with van der Waals surface area (Å²) in [6.07, 6.45) is 0. The van der Waals surface area contributed by atoms with E-state index in [1.807, 2.05) is 40.9 Å². The van der Waals surface area contributed by atoms with Crippen LogP contribution in [0.2, 0.25) is 0 Å². The van der Waals surface area contributed by atoms with E-state index in [1.165, 1.54) is 9.75 Å². The number of hydrogen-bond donors (Lipinski definition) is 0. The van der Waals surface area contributed by atoms with Gasteiger partial charge in [0, 0.05) is 29.4 Å². The number of aryl methyl sites for hydroxylation is 3. The molecule has 0 radical (unpaired) electrons. The summed E-state index contributed by atoms with van der Waals surface area (Å²) >= 11 is 1.83. The predicted octanol–water partition coefficient (Wildman–Crippen LogP) is 3.67. The number of aromatic nitrogens is 4. The molecular formula is C21H25N5OS. The van der Waals surface area contributed by atoms with E-state index in [-0.39, 0.29) is 5.56 Å². The summed E-state index contributed by atoms with van der Waals surface area (Å²) in [6.45, 7) is 10.1. The summed E-state index contributed by atoms with van der Waals surface area (Å²) in [4.78, 5) is 17.8. The van der Waals surface area contributed by atoms with E-state index in [9.17, 15) is 4.79 Å². The van der Waals surface area contributed by atoms with Crippen molar-refractivity contribution in [3.8, 4) is 0 Å². The van der Waals surface area contributed by atoms with Gasteiger partial charge in [-0.1, -0.05) is 11.6 Å². The molecule has 146 valence electrons. The molecule has 0 saturated carbocycles. The highest BCUT2D eigenvalue weighted by Gasteiger charge is 2.19. The SMILES string of the molecule is Cc1ccc2c(c1)c(=O)n(C)c1nnc(CN(Cc3ccc(C)s3)C(C)C)n21. The van der Waals surface area contributed by atoms with Crippen LogP contribution in [0.1, 0.15) is 35.0 Å². The molecule has 6 nitrogen and oxygen atoms in total. The van der Waals surface area contributed by atoms with Crippen LogP contribution in [0.3, 0.4) is 0 Å². The van der Waals surface area contributed by atoms with Crippen LogP contribution in [0.4, 0.5) is 0 Å². The molecule has 0 unspecified atom stereocenters. The molecule has 7 heteroatoms. The van der Waals surface area contributed by atoms with Crippen molar-refractivity contribution in [3.05, 3.63) is 61.8 Å². The maximum atomic E-state index is 12.8. The maximum Gasteiger partial charge on any atom is 0.262 e. The third kappa shape index (κ3) is 3.25. The van der Waals surface area contributed by atoms with Crippen LogP contribution in [0.25, 0.3) is 16.7 Å². The van der Waals surface area contributed by atoms with Crippen molar-refractivity contribution in [1.82, 2.24) is 24.1 Å². The van der Waals surface area contributed by atoms with Gasteiger partial charge in [-0.2, -0.15) is 0 Å². The second kappa shape index (κ2) is 7.14. The molecule has 0 fully saturated rings. The molecule has 3 heterocycles. The molecule has 0 saturated heterocycles. The number of thiophene rings is 1. The van der Waals surface area contributed by atoms with Gasteiger partial charge in [-0.25, -0.2) is 0 Å². The van der Waals surface area contributed by atoms with Crippen molar-refractivity contribution < 1.29 is 0 Å². The van der Waals surface area contributed by atoms with Crippen LogP contribution in [-0.4, -0.2) is 30.1 Å². The van der Waals surface area contributed by atoms with Crippen LogP contribution in [0.5, 0.6) is 0 Å². The Labute approximate surface area is 168 Å². The zero-order valence-electron chi connectivity index (χ0n) is 16.9. The monoisotopic (exact) mass is 395 g/mol. The van der Waals surface area contributed by atoms with Gasteiger partial charge in [0.25, 0.3) is 5.56 Å². The van der Waals surface area contributed by atoms with E-state index < -0.39 is 0 Å². The van der Waals surface area contributed by atoms with E-state index in [4.69, 9.17) is 0 Å². The second-order valence-corrected chi connectivity index (χ2v) is 9.02. The lowest BCUT2D eigenvalue weighted by atomic mass is 10.1. The largest absolute Gasteiger partial charge is 0.288 e. The molecule has 4 rings (SSSR count). The molecule has 0 aliphatic carbocycles. The van der Waals surface area contributed by atoms with E-state index in [0.717, 1.165) is 23.4 Å². The van der Waals surface area contributed by atoms with Crippen molar-refractivity contribution in [1.29, 1.82) is 0 Å². The first-order valence-corrected chi connectivity index (χ1v) is 10.3. The summed E-state index contributed by atoms with van der Waals surface area (Å²) in [5, 5.41) is 9.48. The van der Waals surface area contributed by atoms with Crippen LogP contribution in [0.15, 0.2) is 35.1 Å². The molecule has 0 spiro atoms. The average Bonchev–Trinajstić information content (AvgIpc) is 3.25. The molecule has 0 aliphatic heterocycles. The Morgan fingerprint density at radius 3 is 2.57 bits per heavy atom. The topological polar surface area (TPSA) is 55.4 Å². The minimum atomic E-state index is -0.0417. The van der Waals surface area contributed by atoms with Crippen molar-refractivity contribution >= 4 is 28.0 Å². The van der Waals surface area contributed by atoms with Gasteiger partial charge >= 0.3 is 0 Å². The van der Waals surface area contributed by atoms with Gasteiger partial charge in [-0.05, 0) is 52.0 Å². The summed E-state index contributed by atoms with van der Waals surface area (Å²) in [5.41, 5.74) is 1.88. The van der Waals surface area contributed by atoms with Gasteiger partial charge < -0.3 is 0 Å². The van der Waals surface area contributed by atoms with Gasteiger partial charge in [-0.15, -0.1) is 21.5 Å².